The smallest absolute Gasteiger partial charge is 0.0462 e. The first-order valence-corrected chi connectivity index (χ1v) is 6.72. The highest BCUT2D eigenvalue weighted by Gasteiger charge is 2.16. The Morgan fingerprint density at radius 2 is 2.29 bits per heavy atom. The van der Waals surface area contributed by atoms with Gasteiger partial charge in [-0.1, -0.05) is 33.6 Å². The zero-order valence-corrected chi connectivity index (χ0v) is 12.9. The second kappa shape index (κ2) is 6.95. The summed E-state index contributed by atoms with van der Waals surface area (Å²) >= 11 is 9.64. The van der Waals surface area contributed by atoms with Gasteiger partial charge in [-0.3, -0.25) is 4.90 Å². The summed E-state index contributed by atoms with van der Waals surface area (Å²) in [4.78, 5) is 2.44. The zero-order valence-electron chi connectivity index (χ0n) is 9.75. The van der Waals surface area contributed by atoms with Crippen LogP contribution in [0.3, 0.4) is 0 Å². The van der Waals surface area contributed by atoms with E-state index in [1.165, 1.54) is 5.56 Å². The van der Waals surface area contributed by atoms with Crippen molar-refractivity contribution in [3.05, 3.63) is 33.3 Å². The number of benzene rings is 1. The maximum atomic E-state index is 6.21. The van der Waals surface area contributed by atoms with Gasteiger partial charge in [0.2, 0.25) is 0 Å². The molecule has 5 heteroatoms. The molecule has 1 aromatic rings. The van der Waals surface area contributed by atoms with Gasteiger partial charge in [0.1, 0.15) is 0 Å². The minimum absolute atomic E-state index is 0. The lowest BCUT2D eigenvalue weighted by molar-refractivity contribution is 0.199. The molecular weight excluding hydrogens is 323 g/mol. The second-order valence-electron chi connectivity index (χ2n) is 4.33. The zero-order chi connectivity index (χ0) is 11.5. The number of hydrogen-bond acceptors (Lipinski definition) is 2. The number of piperazine rings is 1. The Kier molecular flexibility index (Phi) is 6.24. The molecule has 1 aliphatic rings. The Bertz CT molecular complexity index is 374. The minimum atomic E-state index is 0. The lowest BCUT2D eigenvalue weighted by Crippen LogP contribution is -2.48. The van der Waals surface area contributed by atoms with E-state index in [-0.39, 0.29) is 12.4 Å². The summed E-state index contributed by atoms with van der Waals surface area (Å²) in [6, 6.07) is 6.68. The molecule has 1 aromatic carbocycles. The maximum Gasteiger partial charge on any atom is 0.0462 e. The third-order valence-corrected chi connectivity index (χ3v) is 3.71. The van der Waals surface area contributed by atoms with Gasteiger partial charge in [0.15, 0.2) is 0 Å². The molecule has 1 N–H and O–H groups in total. The van der Waals surface area contributed by atoms with Crippen LogP contribution in [-0.2, 0) is 6.54 Å². The van der Waals surface area contributed by atoms with Crippen LogP contribution in [0.4, 0.5) is 0 Å². The van der Waals surface area contributed by atoms with Crippen molar-refractivity contribution in [3.8, 4) is 0 Å². The molecule has 17 heavy (non-hydrogen) atoms. The Balaban J connectivity index is 0.00000144. The average Bonchev–Trinajstić information content (AvgIpc) is 2.22. The van der Waals surface area contributed by atoms with E-state index in [1.807, 2.05) is 12.1 Å². The molecule has 0 radical (unpaired) electrons. The van der Waals surface area contributed by atoms with E-state index in [9.17, 15) is 0 Å². The van der Waals surface area contributed by atoms with Crippen molar-refractivity contribution >= 4 is 39.9 Å². The van der Waals surface area contributed by atoms with E-state index >= 15 is 0 Å². The summed E-state index contributed by atoms with van der Waals surface area (Å²) in [5.74, 6) is 0. The number of nitrogens with one attached hydrogen (secondary N) is 1. The lowest BCUT2D eigenvalue weighted by atomic mass is 10.1. The van der Waals surface area contributed by atoms with Crippen LogP contribution >= 0.6 is 39.9 Å². The number of halogens is 3. The highest BCUT2D eigenvalue weighted by molar-refractivity contribution is 9.10. The minimum Gasteiger partial charge on any atom is -0.312 e. The fraction of sp³-hybridized carbons (Fsp3) is 0.500. The highest BCUT2D eigenvalue weighted by Crippen LogP contribution is 2.22. The van der Waals surface area contributed by atoms with Gasteiger partial charge in [-0.2, -0.15) is 0 Å². The number of hydrogen-bond donors (Lipinski definition) is 1. The van der Waals surface area contributed by atoms with E-state index in [0.717, 1.165) is 35.7 Å². The highest BCUT2D eigenvalue weighted by atomic mass is 79.9. The normalized spacial score (nSPS) is 21.0. The molecule has 1 aliphatic heterocycles. The van der Waals surface area contributed by atoms with Crippen molar-refractivity contribution in [2.24, 2.45) is 0 Å². The van der Waals surface area contributed by atoms with Gasteiger partial charge in [-0.15, -0.1) is 12.4 Å². The topological polar surface area (TPSA) is 15.3 Å². The third-order valence-electron chi connectivity index (χ3n) is 2.86. The van der Waals surface area contributed by atoms with Gasteiger partial charge in [0, 0.05) is 41.7 Å². The molecule has 1 saturated heterocycles. The van der Waals surface area contributed by atoms with Gasteiger partial charge in [-0.25, -0.2) is 0 Å². The molecule has 96 valence electrons. The lowest BCUT2D eigenvalue weighted by Gasteiger charge is -2.32. The summed E-state index contributed by atoms with van der Waals surface area (Å²) in [6.45, 7) is 6.41. The van der Waals surface area contributed by atoms with Crippen LogP contribution in [0.5, 0.6) is 0 Å². The molecule has 0 amide bonds. The predicted octanol–water partition coefficient (Wildman–Crippen LogP) is 3.32. The molecule has 1 atom stereocenters. The van der Waals surface area contributed by atoms with Crippen molar-refractivity contribution in [2.75, 3.05) is 19.6 Å². The summed E-state index contributed by atoms with van der Waals surface area (Å²) in [6.07, 6.45) is 0. The summed E-state index contributed by atoms with van der Waals surface area (Å²) in [5, 5.41) is 4.29. The second-order valence-corrected chi connectivity index (χ2v) is 5.65. The van der Waals surface area contributed by atoms with Crippen LogP contribution in [0, 0.1) is 0 Å². The van der Waals surface area contributed by atoms with Crippen molar-refractivity contribution in [1.82, 2.24) is 10.2 Å². The molecule has 2 rings (SSSR count). The molecule has 1 fully saturated rings. The molecule has 2 nitrogen and oxygen atoms in total. The SMILES string of the molecule is CC1CN(Cc2ccc(Br)cc2Cl)CCN1.Cl. The third kappa shape index (κ3) is 4.42. The first kappa shape index (κ1) is 15.3. The standard InChI is InChI=1S/C12H16BrClN2.ClH/c1-9-7-16(5-4-15-9)8-10-2-3-11(13)6-12(10)14;/h2-3,6,9,15H,4-5,7-8H2,1H3;1H. The van der Waals surface area contributed by atoms with Gasteiger partial charge in [0.25, 0.3) is 0 Å². The van der Waals surface area contributed by atoms with Gasteiger partial charge < -0.3 is 5.32 Å². The van der Waals surface area contributed by atoms with Crippen molar-refractivity contribution in [2.45, 2.75) is 19.5 Å². The van der Waals surface area contributed by atoms with Gasteiger partial charge in [0.05, 0.1) is 0 Å². The molecule has 1 heterocycles. The Morgan fingerprint density at radius 3 is 2.94 bits per heavy atom. The molecule has 0 spiro atoms. The van der Waals surface area contributed by atoms with Crippen molar-refractivity contribution in [1.29, 1.82) is 0 Å². The van der Waals surface area contributed by atoms with Crippen LogP contribution in [0.25, 0.3) is 0 Å². The summed E-state index contributed by atoms with van der Waals surface area (Å²) < 4.78 is 1.04. The first-order chi connectivity index (χ1) is 7.65. The predicted molar refractivity (Wildman–Crippen MR) is 79.1 cm³/mol. The van der Waals surface area contributed by atoms with Crippen LogP contribution < -0.4 is 5.32 Å². The van der Waals surface area contributed by atoms with E-state index in [4.69, 9.17) is 11.6 Å². The van der Waals surface area contributed by atoms with E-state index in [2.05, 4.69) is 39.1 Å². The largest absolute Gasteiger partial charge is 0.312 e. The van der Waals surface area contributed by atoms with Crippen molar-refractivity contribution in [3.63, 3.8) is 0 Å². The maximum absolute atomic E-state index is 6.21. The molecular formula is C12H17BrCl2N2. The van der Waals surface area contributed by atoms with E-state index < -0.39 is 0 Å². The Hall–Kier alpha value is 0.200. The molecule has 0 aliphatic carbocycles. The summed E-state index contributed by atoms with van der Waals surface area (Å²) in [5.41, 5.74) is 1.21. The molecule has 1 unspecified atom stereocenters. The quantitative estimate of drug-likeness (QED) is 0.889. The van der Waals surface area contributed by atoms with Crippen LogP contribution in [0.15, 0.2) is 22.7 Å². The Labute approximate surface area is 122 Å². The molecule has 0 aromatic heterocycles. The molecule has 0 bridgehead atoms. The number of rotatable bonds is 2. The fourth-order valence-electron chi connectivity index (χ4n) is 2.05. The average molecular weight is 340 g/mol. The van der Waals surface area contributed by atoms with Crippen molar-refractivity contribution < 1.29 is 0 Å². The summed E-state index contributed by atoms with van der Waals surface area (Å²) in [7, 11) is 0. The van der Waals surface area contributed by atoms with Gasteiger partial charge >= 0.3 is 0 Å². The Morgan fingerprint density at radius 1 is 1.53 bits per heavy atom. The molecule has 0 saturated carbocycles. The van der Waals surface area contributed by atoms with E-state index in [1.54, 1.807) is 0 Å². The monoisotopic (exact) mass is 338 g/mol. The fourth-order valence-corrected chi connectivity index (χ4v) is 2.78. The first-order valence-electron chi connectivity index (χ1n) is 5.55. The van der Waals surface area contributed by atoms with Crippen LogP contribution in [-0.4, -0.2) is 30.6 Å². The van der Waals surface area contributed by atoms with Crippen LogP contribution in [0.1, 0.15) is 12.5 Å². The number of nitrogens with zero attached hydrogens (tertiary/aromatic N) is 1. The van der Waals surface area contributed by atoms with Gasteiger partial charge in [-0.05, 0) is 24.6 Å². The van der Waals surface area contributed by atoms with E-state index in [0.29, 0.717) is 6.04 Å². The van der Waals surface area contributed by atoms with Crippen LogP contribution in [0.2, 0.25) is 5.02 Å².